The summed E-state index contributed by atoms with van der Waals surface area (Å²) in [5.41, 5.74) is 5.21. The lowest BCUT2D eigenvalue weighted by molar-refractivity contribution is 0.481. The van der Waals surface area contributed by atoms with Crippen molar-refractivity contribution in [1.29, 1.82) is 0 Å². The van der Waals surface area contributed by atoms with Crippen molar-refractivity contribution < 1.29 is 5.11 Å². The smallest absolute Gasteiger partial charge is 0.123 e. The molecule has 2 heteroatoms. The summed E-state index contributed by atoms with van der Waals surface area (Å²) in [5.74, 6) is 0.350. The van der Waals surface area contributed by atoms with Crippen molar-refractivity contribution in [3.05, 3.63) is 42.5 Å². The van der Waals surface area contributed by atoms with Gasteiger partial charge in [-0.05, 0) is 24.4 Å². The molecule has 17 heavy (non-hydrogen) atoms. The van der Waals surface area contributed by atoms with Gasteiger partial charge in [-0.1, -0.05) is 56.2 Å². The maximum atomic E-state index is 9.37. The monoisotopic (exact) mass is 231 g/mol. The highest BCUT2D eigenvalue weighted by Crippen LogP contribution is 2.22. The van der Waals surface area contributed by atoms with Crippen LogP contribution in [0.2, 0.25) is 0 Å². The molecule has 0 spiro atoms. The molecule has 0 heterocycles. The van der Waals surface area contributed by atoms with E-state index in [4.69, 9.17) is 5.73 Å². The van der Waals surface area contributed by atoms with Gasteiger partial charge in [-0.15, -0.1) is 0 Å². The quantitative estimate of drug-likeness (QED) is 0.791. The summed E-state index contributed by atoms with van der Waals surface area (Å²) in [6.45, 7) is 3.03. The Balaban J connectivity index is 0.000000209. The molecule has 92 valence electrons. The van der Waals surface area contributed by atoms with E-state index in [1.54, 1.807) is 6.07 Å². The Hall–Kier alpha value is -1.54. The number of fused-ring (bicyclic) bond motifs is 1. The third-order valence-electron chi connectivity index (χ3n) is 2.57. The SMILES string of the molecule is CCCCCN.Oc1cccc2ccccc12. The van der Waals surface area contributed by atoms with E-state index in [0.29, 0.717) is 5.75 Å². The largest absolute Gasteiger partial charge is 0.507 e. The lowest BCUT2D eigenvalue weighted by Gasteiger charge is -1.97. The van der Waals surface area contributed by atoms with Crippen molar-refractivity contribution in [3.63, 3.8) is 0 Å². The zero-order valence-electron chi connectivity index (χ0n) is 10.4. The highest BCUT2D eigenvalue weighted by molar-refractivity contribution is 5.87. The summed E-state index contributed by atoms with van der Waals surface area (Å²) in [6, 6.07) is 13.3. The number of benzene rings is 2. The third kappa shape index (κ3) is 4.45. The zero-order valence-corrected chi connectivity index (χ0v) is 10.4. The molecule has 3 N–H and O–H groups in total. The number of hydrogen-bond donors (Lipinski definition) is 2. The molecule has 0 aromatic heterocycles. The normalized spacial score (nSPS) is 9.76. The minimum absolute atomic E-state index is 0.350. The zero-order chi connectivity index (χ0) is 12.5. The number of unbranched alkanes of at least 4 members (excludes halogenated alkanes) is 2. The van der Waals surface area contributed by atoms with E-state index in [1.165, 1.54) is 19.3 Å². The number of phenolic OH excluding ortho intramolecular Hbond substituents is 1. The molecule has 0 unspecified atom stereocenters. The molecule has 0 aliphatic rings. The lowest BCUT2D eigenvalue weighted by atomic mass is 10.1. The van der Waals surface area contributed by atoms with Gasteiger partial charge in [0.25, 0.3) is 0 Å². The van der Waals surface area contributed by atoms with Gasteiger partial charge in [-0.3, -0.25) is 0 Å². The van der Waals surface area contributed by atoms with Gasteiger partial charge in [-0.2, -0.15) is 0 Å². The second-order valence-corrected chi connectivity index (χ2v) is 3.99. The van der Waals surface area contributed by atoms with Crippen molar-refractivity contribution in [2.24, 2.45) is 5.73 Å². The first-order valence-corrected chi connectivity index (χ1v) is 6.16. The summed E-state index contributed by atoms with van der Waals surface area (Å²) in [4.78, 5) is 0. The molecule has 2 aromatic rings. The van der Waals surface area contributed by atoms with Crippen molar-refractivity contribution >= 4 is 10.8 Å². The Labute approximate surface area is 103 Å². The molecule has 0 saturated heterocycles. The minimum Gasteiger partial charge on any atom is -0.507 e. The number of nitrogens with two attached hydrogens (primary N) is 1. The maximum Gasteiger partial charge on any atom is 0.123 e. The van der Waals surface area contributed by atoms with Crippen LogP contribution in [-0.4, -0.2) is 11.7 Å². The number of hydrogen-bond acceptors (Lipinski definition) is 2. The van der Waals surface area contributed by atoms with E-state index in [1.807, 2.05) is 36.4 Å². The molecule has 0 saturated carbocycles. The summed E-state index contributed by atoms with van der Waals surface area (Å²) in [5, 5.41) is 11.4. The lowest BCUT2D eigenvalue weighted by Crippen LogP contribution is -1.96. The molecule has 0 atom stereocenters. The Bertz CT molecular complexity index is 430. The van der Waals surface area contributed by atoms with E-state index >= 15 is 0 Å². The summed E-state index contributed by atoms with van der Waals surface area (Å²) < 4.78 is 0. The van der Waals surface area contributed by atoms with Gasteiger partial charge in [-0.25, -0.2) is 0 Å². The Morgan fingerprint density at radius 3 is 2.29 bits per heavy atom. The third-order valence-corrected chi connectivity index (χ3v) is 2.57. The first-order valence-electron chi connectivity index (χ1n) is 6.16. The van der Waals surface area contributed by atoms with Crippen LogP contribution in [0.15, 0.2) is 42.5 Å². The van der Waals surface area contributed by atoms with Crippen LogP contribution in [0.4, 0.5) is 0 Å². The maximum absolute atomic E-state index is 9.37. The van der Waals surface area contributed by atoms with Gasteiger partial charge < -0.3 is 10.8 Å². The van der Waals surface area contributed by atoms with Crippen LogP contribution in [-0.2, 0) is 0 Å². The van der Waals surface area contributed by atoms with Crippen LogP contribution in [0.5, 0.6) is 5.75 Å². The van der Waals surface area contributed by atoms with Gasteiger partial charge in [0.05, 0.1) is 0 Å². The van der Waals surface area contributed by atoms with E-state index in [2.05, 4.69) is 6.92 Å². The molecular formula is C15H21NO. The van der Waals surface area contributed by atoms with Crippen LogP contribution >= 0.6 is 0 Å². The molecule has 0 radical (unpaired) electrons. The molecule has 2 nitrogen and oxygen atoms in total. The van der Waals surface area contributed by atoms with Crippen LogP contribution in [0.25, 0.3) is 10.8 Å². The molecule has 2 rings (SSSR count). The predicted molar refractivity (Wildman–Crippen MR) is 74.2 cm³/mol. The summed E-state index contributed by atoms with van der Waals surface area (Å²) >= 11 is 0. The molecule has 0 aliphatic heterocycles. The van der Waals surface area contributed by atoms with Crippen molar-refractivity contribution in [1.82, 2.24) is 0 Å². The first-order chi connectivity index (χ1) is 8.29. The number of aromatic hydroxyl groups is 1. The predicted octanol–water partition coefficient (Wildman–Crippen LogP) is 3.68. The second-order valence-electron chi connectivity index (χ2n) is 3.99. The fraction of sp³-hybridized carbons (Fsp3) is 0.333. The summed E-state index contributed by atoms with van der Waals surface area (Å²) in [6.07, 6.45) is 3.75. The fourth-order valence-corrected chi connectivity index (χ4v) is 1.60. The Kier molecular flexibility index (Phi) is 6.12. The van der Waals surface area contributed by atoms with Crippen LogP contribution in [0, 0.1) is 0 Å². The van der Waals surface area contributed by atoms with Gasteiger partial charge in [0.2, 0.25) is 0 Å². The Morgan fingerprint density at radius 1 is 1.00 bits per heavy atom. The van der Waals surface area contributed by atoms with E-state index in [0.717, 1.165) is 17.3 Å². The van der Waals surface area contributed by atoms with Crippen molar-refractivity contribution in [2.75, 3.05) is 6.54 Å². The molecular weight excluding hydrogens is 210 g/mol. The van der Waals surface area contributed by atoms with E-state index in [9.17, 15) is 5.11 Å². The molecule has 0 fully saturated rings. The number of phenols is 1. The van der Waals surface area contributed by atoms with E-state index in [-0.39, 0.29) is 0 Å². The van der Waals surface area contributed by atoms with E-state index < -0.39 is 0 Å². The van der Waals surface area contributed by atoms with Gasteiger partial charge in [0.1, 0.15) is 5.75 Å². The highest BCUT2D eigenvalue weighted by atomic mass is 16.3. The average Bonchev–Trinajstić information content (AvgIpc) is 2.38. The van der Waals surface area contributed by atoms with Gasteiger partial charge >= 0.3 is 0 Å². The van der Waals surface area contributed by atoms with Crippen molar-refractivity contribution in [2.45, 2.75) is 26.2 Å². The number of rotatable bonds is 3. The second kappa shape index (κ2) is 7.69. The van der Waals surface area contributed by atoms with Crippen molar-refractivity contribution in [3.8, 4) is 5.75 Å². The highest BCUT2D eigenvalue weighted by Gasteiger charge is 1.94. The van der Waals surface area contributed by atoms with Gasteiger partial charge in [0.15, 0.2) is 0 Å². The average molecular weight is 231 g/mol. The summed E-state index contributed by atoms with van der Waals surface area (Å²) in [7, 11) is 0. The standard InChI is InChI=1S/C10H8O.C5H13N/c11-10-7-3-5-8-4-1-2-6-9(8)10;1-2-3-4-5-6/h1-7,11H;2-6H2,1H3. The van der Waals surface area contributed by atoms with Crippen LogP contribution in [0.1, 0.15) is 26.2 Å². The fourth-order valence-electron chi connectivity index (χ4n) is 1.60. The molecule has 0 aliphatic carbocycles. The first kappa shape index (κ1) is 13.5. The van der Waals surface area contributed by atoms with Crippen LogP contribution < -0.4 is 5.73 Å². The van der Waals surface area contributed by atoms with Gasteiger partial charge in [0, 0.05) is 5.39 Å². The molecule has 0 bridgehead atoms. The Morgan fingerprint density at radius 2 is 1.71 bits per heavy atom. The molecule has 2 aromatic carbocycles. The topological polar surface area (TPSA) is 46.2 Å². The minimum atomic E-state index is 0.350. The molecule has 0 amide bonds. The van der Waals surface area contributed by atoms with Crippen LogP contribution in [0.3, 0.4) is 0 Å².